The Labute approximate surface area is 81.3 Å². The van der Waals surface area contributed by atoms with Crippen LogP contribution in [0.2, 0.25) is 5.02 Å². The first kappa shape index (κ1) is 8.60. The summed E-state index contributed by atoms with van der Waals surface area (Å²) in [7, 11) is 0. The summed E-state index contributed by atoms with van der Waals surface area (Å²) in [6.07, 6.45) is 0.755. The Morgan fingerprint density at radius 2 is 2.23 bits per heavy atom. The highest BCUT2D eigenvalue weighted by Gasteiger charge is 2.04. The third kappa shape index (κ3) is 1.55. The van der Waals surface area contributed by atoms with Crippen LogP contribution in [0.15, 0.2) is 28.7 Å². The van der Waals surface area contributed by atoms with Gasteiger partial charge in [-0.05, 0) is 24.7 Å². The van der Waals surface area contributed by atoms with Gasteiger partial charge >= 0.3 is 0 Å². The molecule has 13 heavy (non-hydrogen) atoms. The van der Waals surface area contributed by atoms with Crippen LogP contribution in [0.5, 0.6) is 0 Å². The van der Waals surface area contributed by atoms with Gasteiger partial charge in [0.2, 0.25) is 0 Å². The fourth-order valence-corrected chi connectivity index (χ4v) is 1.56. The lowest BCUT2D eigenvalue weighted by molar-refractivity contribution is 0.550. The SMILES string of the molecule is NCCc1cc2c(Cl)cccc2o1. The van der Waals surface area contributed by atoms with Crippen LogP contribution < -0.4 is 5.73 Å². The third-order valence-corrected chi connectivity index (χ3v) is 2.28. The maximum absolute atomic E-state index is 5.98. The van der Waals surface area contributed by atoms with Crippen molar-refractivity contribution in [3.63, 3.8) is 0 Å². The number of furan rings is 1. The van der Waals surface area contributed by atoms with E-state index in [1.54, 1.807) is 0 Å². The highest BCUT2D eigenvalue weighted by Crippen LogP contribution is 2.26. The van der Waals surface area contributed by atoms with Crippen molar-refractivity contribution in [1.82, 2.24) is 0 Å². The van der Waals surface area contributed by atoms with Crippen molar-refractivity contribution < 1.29 is 4.42 Å². The number of nitrogens with two attached hydrogens (primary N) is 1. The molecule has 0 unspecified atom stereocenters. The van der Waals surface area contributed by atoms with Gasteiger partial charge in [-0.25, -0.2) is 0 Å². The van der Waals surface area contributed by atoms with Crippen LogP contribution in [0.25, 0.3) is 11.0 Å². The van der Waals surface area contributed by atoms with E-state index >= 15 is 0 Å². The monoisotopic (exact) mass is 195 g/mol. The number of halogens is 1. The quantitative estimate of drug-likeness (QED) is 0.800. The van der Waals surface area contributed by atoms with E-state index in [1.807, 2.05) is 24.3 Å². The predicted octanol–water partition coefficient (Wildman–Crippen LogP) is 2.59. The van der Waals surface area contributed by atoms with Gasteiger partial charge in [-0.2, -0.15) is 0 Å². The Morgan fingerprint density at radius 3 is 2.92 bits per heavy atom. The lowest BCUT2D eigenvalue weighted by Gasteiger charge is -1.89. The van der Waals surface area contributed by atoms with Gasteiger partial charge in [0.05, 0.1) is 5.02 Å². The summed E-state index contributed by atoms with van der Waals surface area (Å²) >= 11 is 5.98. The standard InChI is InChI=1S/C10H10ClNO/c11-9-2-1-3-10-8(9)6-7(13-10)4-5-12/h1-3,6H,4-5,12H2. The molecule has 0 bridgehead atoms. The number of hydrogen-bond acceptors (Lipinski definition) is 2. The highest BCUT2D eigenvalue weighted by molar-refractivity contribution is 6.35. The van der Waals surface area contributed by atoms with Crippen LogP contribution in [0.1, 0.15) is 5.76 Å². The zero-order valence-electron chi connectivity index (χ0n) is 7.09. The number of benzene rings is 1. The van der Waals surface area contributed by atoms with Crippen LogP contribution in [0, 0.1) is 0 Å². The molecule has 0 amide bonds. The maximum atomic E-state index is 5.98. The minimum absolute atomic E-state index is 0.595. The van der Waals surface area contributed by atoms with Gasteiger partial charge in [0.1, 0.15) is 11.3 Å². The summed E-state index contributed by atoms with van der Waals surface area (Å²) in [6, 6.07) is 7.58. The fraction of sp³-hybridized carbons (Fsp3) is 0.200. The van der Waals surface area contributed by atoms with Gasteiger partial charge in [0.15, 0.2) is 0 Å². The molecule has 3 heteroatoms. The molecule has 1 heterocycles. The molecule has 0 fully saturated rings. The second-order valence-corrected chi connectivity index (χ2v) is 3.31. The van der Waals surface area contributed by atoms with Crippen molar-refractivity contribution in [3.8, 4) is 0 Å². The van der Waals surface area contributed by atoms with E-state index in [2.05, 4.69) is 0 Å². The number of fused-ring (bicyclic) bond motifs is 1. The minimum atomic E-state index is 0.595. The first-order valence-electron chi connectivity index (χ1n) is 4.18. The van der Waals surface area contributed by atoms with Crippen molar-refractivity contribution in [2.45, 2.75) is 6.42 Å². The van der Waals surface area contributed by atoms with Gasteiger partial charge in [0, 0.05) is 11.8 Å². The van der Waals surface area contributed by atoms with Crippen molar-refractivity contribution in [2.75, 3.05) is 6.54 Å². The Bertz CT molecular complexity index is 422. The summed E-state index contributed by atoms with van der Waals surface area (Å²) < 4.78 is 5.52. The molecule has 0 saturated heterocycles. The molecular weight excluding hydrogens is 186 g/mol. The normalized spacial score (nSPS) is 10.9. The second kappa shape index (κ2) is 3.40. The molecular formula is C10H10ClNO. The van der Waals surface area contributed by atoms with Crippen LogP contribution in [-0.2, 0) is 6.42 Å². The average Bonchev–Trinajstić information content (AvgIpc) is 2.49. The van der Waals surface area contributed by atoms with Crippen LogP contribution >= 0.6 is 11.6 Å². The van der Waals surface area contributed by atoms with Gasteiger partial charge in [-0.3, -0.25) is 0 Å². The number of rotatable bonds is 2. The van der Waals surface area contributed by atoms with Crippen molar-refractivity contribution >= 4 is 22.6 Å². The van der Waals surface area contributed by atoms with Crippen molar-refractivity contribution in [2.24, 2.45) is 5.73 Å². The molecule has 2 aromatic rings. The smallest absolute Gasteiger partial charge is 0.135 e. The summed E-state index contributed by atoms with van der Waals surface area (Å²) in [5.74, 6) is 0.894. The van der Waals surface area contributed by atoms with Gasteiger partial charge in [-0.1, -0.05) is 17.7 Å². The van der Waals surface area contributed by atoms with Crippen LogP contribution in [0.3, 0.4) is 0 Å². The van der Waals surface area contributed by atoms with E-state index in [-0.39, 0.29) is 0 Å². The van der Waals surface area contributed by atoms with Gasteiger partial charge < -0.3 is 10.2 Å². The molecule has 1 aromatic heterocycles. The third-order valence-electron chi connectivity index (χ3n) is 1.95. The van der Waals surface area contributed by atoms with Crippen LogP contribution in [-0.4, -0.2) is 6.54 Å². The topological polar surface area (TPSA) is 39.2 Å². The Hall–Kier alpha value is -0.990. The molecule has 1 aromatic carbocycles. The molecule has 0 aliphatic rings. The maximum Gasteiger partial charge on any atom is 0.135 e. The van der Waals surface area contributed by atoms with E-state index in [9.17, 15) is 0 Å². The summed E-state index contributed by atoms with van der Waals surface area (Å²) in [5, 5.41) is 1.69. The highest BCUT2D eigenvalue weighted by atomic mass is 35.5. The lowest BCUT2D eigenvalue weighted by atomic mass is 10.2. The summed E-state index contributed by atoms with van der Waals surface area (Å²) in [5.41, 5.74) is 6.26. The first-order valence-corrected chi connectivity index (χ1v) is 4.56. The van der Waals surface area contributed by atoms with Gasteiger partial charge in [0.25, 0.3) is 0 Å². The van der Waals surface area contributed by atoms with E-state index in [1.165, 1.54) is 0 Å². The Morgan fingerprint density at radius 1 is 1.38 bits per heavy atom. The van der Waals surface area contributed by atoms with Crippen molar-refractivity contribution in [1.29, 1.82) is 0 Å². The number of hydrogen-bond donors (Lipinski definition) is 1. The molecule has 0 aliphatic carbocycles. The Kier molecular flexibility index (Phi) is 2.25. The largest absolute Gasteiger partial charge is 0.461 e. The molecule has 2 nitrogen and oxygen atoms in total. The first-order chi connectivity index (χ1) is 6.31. The summed E-state index contributed by atoms with van der Waals surface area (Å²) in [6.45, 7) is 0.595. The molecule has 2 N–H and O–H groups in total. The second-order valence-electron chi connectivity index (χ2n) is 2.90. The Balaban J connectivity index is 2.55. The van der Waals surface area contributed by atoms with Crippen molar-refractivity contribution in [3.05, 3.63) is 35.0 Å². The van der Waals surface area contributed by atoms with E-state index < -0.39 is 0 Å². The molecule has 0 atom stereocenters. The predicted molar refractivity (Wildman–Crippen MR) is 54.0 cm³/mol. The zero-order valence-corrected chi connectivity index (χ0v) is 7.84. The lowest BCUT2D eigenvalue weighted by Crippen LogP contribution is -2.01. The van der Waals surface area contributed by atoms with E-state index in [0.29, 0.717) is 6.54 Å². The zero-order chi connectivity index (χ0) is 9.26. The molecule has 0 spiro atoms. The molecule has 2 rings (SSSR count). The van der Waals surface area contributed by atoms with E-state index in [4.69, 9.17) is 21.8 Å². The molecule has 0 radical (unpaired) electrons. The van der Waals surface area contributed by atoms with Gasteiger partial charge in [-0.15, -0.1) is 0 Å². The molecule has 0 saturated carbocycles. The fourth-order valence-electron chi connectivity index (χ4n) is 1.34. The summed E-state index contributed by atoms with van der Waals surface area (Å²) in [4.78, 5) is 0. The van der Waals surface area contributed by atoms with E-state index in [0.717, 1.165) is 28.2 Å². The van der Waals surface area contributed by atoms with Crippen LogP contribution in [0.4, 0.5) is 0 Å². The molecule has 68 valence electrons. The molecule has 0 aliphatic heterocycles. The minimum Gasteiger partial charge on any atom is -0.461 e. The average molecular weight is 196 g/mol.